The summed E-state index contributed by atoms with van der Waals surface area (Å²) in [7, 11) is 0. The lowest BCUT2D eigenvalue weighted by Gasteiger charge is -2.38. The highest BCUT2D eigenvalue weighted by molar-refractivity contribution is 5.27. The van der Waals surface area contributed by atoms with Crippen LogP contribution >= 0.6 is 0 Å². The van der Waals surface area contributed by atoms with Crippen molar-refractivity contribution in [1.29, 1.82) is 0 Å². The molecule has 1 aromatic heterocycles. The van der Waals surface area contributed by atoms with Gasteiger partial charge in [0, 0.05) is 30.9 Å². The number of aliphatic hydroxyl groups excluding tert-OH is 1. The molecule has 0 amide bonds. The zero-order chi connectivity index (χ0) is 14.7. The van der Waals surface area contributed by atoms with Gasteiger partial charge in [0.1, 0.15) is 0 Å². The number of rotatable bonds is 4. The van der Waals surface area contributed by atoms with Crippen LogP contribution in [0.2, 0.25) is 0 Å². The molecule has 1 N–H and O–H groups in total. The van der Waals surface area contributed by atoms with Gasteiger partial charge in [-0.15, -0.1) is 0 Å². The smallest absolute Gasteiger partial charge is 0.0967 e. The predicted molar refractivity (Wildman–Crippen MR) is 82.4 cm³/mol. The molecule has 0 radical (unpaired) electrons. The standard InChI is InChI=1S/C17H26N2O2/c1-2-9-19-10-11-21-15(12-19)17(20)14-7-3-5-13-6-4-8-18-16(13)14/h4,6,8,14-15,17,20H,2-3,5,7,9-12H2,1H3. The summed E-state index contributed by atoms with van der Waals surface area (Å²) < 4.78 is 5.87. The minimum atomic E-state index is -0.446. The van der Waals surface area contributed by atoms with Gasteiger partial charge in [0.2, 0.25) is 0 Å². The molecule has 2 aliphatic rings. The first kappa shape index (κ1) is 14.9. The highest BCUT2D eigenvalue weighted by Gasteiger charge is 2.35. The summed E-state index contributed by atoms with van der Waals surface area (Å²) >= 11 is 0. The SMILES string of the molecule is CCCN1CCOC(C(O)C2CCCc3cccnc32)C1. The Kier molecular flexibility index (Phi) is 4.88. The van der Waals surface area contributed by atoms with Gasteiger partial charge in [0.05, 0.1) is 18.8 Å². The van der Waals surface area contributed by atoms with Crippen LogP contribution in [0.15, 0.2) is 18.3 Å². The van der Waals surface area contributed by atoms with Crippen LogP contribution in [0.3, 0.4) is 0 Å². The van der Waals surface area contributed by atoms with E-state index in [1.165, 1.54) is 5.56 Å². The minimum absolute atomic E-state index is 0.0803. The Morgan fingerprint density at radius 1 is 1.52 bits per heavy atom. The molecule has 3 rings (SSSR count). The van der Waals surface area contributed by atoms with Crippen LogP contribution in [0, 0.1) is 0 Å². The number of aliphatic hydroxyl groups is 1. The number of morpholine rings is 1. The monoisotopic (exact) mass is 290 g/mol. The van der Waals surface area contributed by atoms with Crippen LogP contribution in [0.4, 0.5) is 0 Å². The summed E-state index contributed by atoms with van der Waals surface area (Å²) in [6.45, 7) is 5.84. The maximum atomic E-state index is 10.8. The maximum Gasteiger partial charge on any atom is 0.0967 e. The number of ether oxygens (including phenoxy) is 1. The summed E-state index contributed by atoms with van der Waals surface area (Å²) in [5, 5.41) is 10.8. The molecular weight excluding hydrogens is 264 g/mol. The van der Waals surface area contributed by atoms with Crippen LogP contribution in [0.25, 0.3) is 0 Å². The third-order valence-electron chi connectivity index (χ3n) is 4.75. The number of hydrogen-bond acceptors (Lipinski definition) is 4. The van der Waals surface area contributed by atoms with Crippen LogP contribution < -0.4 is 0 Å². The largest absolute Gasteiger partial charge is 0.390 e. The Hall–Kier alpha value is -0.970. The highest BCUT2D eigenvalue weighted by atomic mass is 16.5. The Morgan fingerprint density at radius 3 is 3.29 bits per heavy atom. The van der Waals surface area contributed by atoms with Gasteiger partial charge in [0.25, 0.3) is 0 Å². The van der Waals surface area contributed by atoms with E-state index >= 15 is 0 Å². The van der Waals surface area contributed by atoms with Crippen LogP contribution in [-0.2, 0) is 11.2 Å². The predicted octanol–water partition coefficient (Wildman–Crippen LogP) is 1.97. The molecule has 4 nitrogen and oxygen atoms in total. The molecule has 1 fully saturated rings. The van der Waals surface area contributed by atoms with E-state index in [0.717, 1.165) is 57.6 Å². The fraction of sp³-hybridized carbons (Fsp3) is 0.706. The molecule has 3 atom stereocenters. The van der Waals surface area contributed by atoms with Crippen molar-refractivity contribution in [2.75, 3.05) is 26.2 Å². The zero-order valence-electron chi connectivity index (χ0n) is 12.9. The van der Waals surface area contributed by atoms with E-state index in [1.807, 2.05) is 12.3 Å². The quantitative estimate of drug-likeness (QED) is 0.921. The summed E-state index contributed by atoms with van der Waals surface area (Å²) in [4.78, 5) is 6.95. The molecular formula is C17H26N2O2. The number of aromatic nitrogens is 1. The second-order valence-electron chi connectivity index (χ2n) is 6.25. The summed E-state index contributed by atoms with van der Waals surface area (Å²) in [6, 6.07) is 4.14. The Bertz CT molecular complexity index is 464. The molecule has 1 aromatic rings. The molecule has 1 aliphatic heterocycles. The summed E-state index contributed by atoms with van der Waals surface area (Å²) in [6.07, 6.45) is 5.69. The fourth-order valence-electron chi connectivity index (χ4n) is 3.69. The molecule has 2 heterocycles. The topological polar surface area (TPSA) is 45.6 Å². The summed E-state index contributed by atoms with van der Waals surface area (Å²) in [5.74, 6) is 0.126. The fourth-order valence-corrected chi connectivity index (χ4v) is 3.69. The second kappa shape index (κ2) is 6.86. The van der Waals surface area contributed by atoms with Gasteiger partial charge in [-0.05, 0) is 43.9 Å². The van der Waals surface area contributed by atoms with E-state index in [1.54, 1.807) is 0 Å². The lowest BCUT2D eigenvalue weighted by atomic mass is 9.81. The van der Waals surface area contributed by atoms with Gasteiger partial charge in [-0.3, -0.25) is 9.88 Å². The normalized spacial score (nSPS) is 28.1. The van der Waals surface area contributed by atoms with E-state index in [2.05, 4.69) is 22.9 Å². The van der Waals surface area contributed by atoms with Crippen molar-refractivity contribution in [3.05, 3.63) is 29.6 Å². The van der Waals surface area contributed by atoms with E-state index in [-0.39, 0.29) is 12.0 Å². The molecule has 0 spiro atoms. The summed E-state index contributed by atoms with van der Waals surface area (Å²) in [5.41, 5.74) is 2.39. The van der Waals surface area contributed by atoms with Crippen molar-refractivity contribution in [3.63, 3.8) is 0 Å². The maximum absolute atomic E-state index is 10.8. The highest BCUT2D eigenvalue weighted by Crippen LogP contribution is 2.34. The number of fused-ring (bicyclic) bond motifs is 1. The molecule has 0 bridgehead atoms. The molecule has 1 saturated heterocycles. The molecule has 1 aliphatic carbocycles. The van der Waals surface area contributed by atoms with E-state index in [4.69, 9.17) is 4.74 Å². The first-order chi connectivity index (χ1) is 10.3. The zero-order valence-corrected chi connectivity index (χ0v) is 12.9. The van der Waals surface area contributed by atoms with E-state index in [0.29, 0.717) is 0 Å². The average Bonchev–Trinajstić information content (AvgIpc) is 2.54. The number of pyridine rings is 1. The number of aryl methyl sites for hydroxylation is 1. The third kappa shape index (κ3) is 3.28. The van der Waals surface area contributed by atoms with Crippen LogP contribution in [0.5, 0.6) is 0 Å². The third-order valence-corrected chi connectivity index (χ3v) is 4.75. The lowest BCUT2D eigenvalue weighted by molar-refractivity contribution is -0.0974. The van der Waals surface area contributed by atoms with Gasteiger partial charge in [-0.2, -0.15) is 0 Å². The number of nitrogens with zero attached hydrogens (tertiary/aromatic N) is 2. The number of hydrogen-bond donors (Lipinski definition) is 1. The van der Waals surface area contributed by atoms with Gasteiger partial charge in [0.15, 0.2) is 0 Å². The molecule has 0 aromatic carbocycles. The molecule has 0 saturated carbocycles. The molecule has 3 unspecified atom stereocenters. The van der Waals surface area contributed by atoms with Crippen molar-refractivity contribution in [3.8, 4) is 0 Å². The average molecular weight is 290 g/mol. The van der Waals surface area contributed by atoms with Gasteiger partial charge in [-0.25, -0.2) is 0 Å². The Balaban J connectivity index is 1.72. The van der Waals surface area contributed by atoms with Crippen LogP contribution in [-0.4, -0.2) is 53.4 Å². The molecule has 4 heteroatoms. The van der Waals surface area contributed by atoms with Crippen molar-refractivity contribution >= 4 is 0 Å². The Morgan fingerprint density at radius 2 is 2.43 bits per heavy atom. The first-order valence-corrected chi connectivity index (χ1v) is 8.25. The van der Waals surface area contributed by atoms with Crippen molar-refractivity contribution in [1.82, 2.24) is 9.88 Å². The van der Waals surface area contributed by atoms with Crippen molar-refractivity contribution in [2.24, 2.45) is 0 Å². The van der Waals surface area contributed by atoms with Crippen molar-refractivity contribution < 1.29 is 9.84 Å². The van der Waals surface area contributed by atoms with E-state index in [9.17, 15) is 5.11 Å². The van der Waals surface area contributed by atoms with Gasteiger partial charge in [-0.1, -0.05) is 13.0 Å². The minimum Gasteiger partial charge on any atom is -0.390 e. The molecule has 116 valence electrons. The van der Waals surface area contributed by atoms with Crippen molar-refractivity contribution in [2.45, 2.75) is 50.7 Å². The molecule has 21 heavy (non-hydrogen) atoms. The lowest BCUT2D eigenvalue weighted by Crippen LogP contribution is -2.49. The second-order valence-corrected chi connectivity index (χ2v) is 6.25. The van der Waals surface area contributed by atoms with Gasteiger partial charge < -0.3 is 9.84 Å². The van der Waals surface area contributed by atoms with E-state index < -0.39 is 6.10 Å². The Labute approximate surface area is 127 Å². The van der Waals surface area contributed by atoms with Gasteiger partial charge >= 0.3 is 0 Å². The van der Waals surface area contributed by atoms with Crippen LogP contribution in [0.1, 0.15) is 43.4 Å². The first-order valence-electron chi connectivity index (χ1n) is 8.25.